The van der Waals surface area contributed by atoms with Crippen LogP contribution in [0.15, 0.2) is 72.8 Å². The molecule has 130 valence electrons. The molecule has 0 saturated heterocycles. The molecule has 0 aliphatic carbocycles. The van der Waals surface area contributed by atoms with Gasteiger partial charge in [-0.15, -0.1) is 0 Å². The maximum absolute atomic E-state index is 12.0. The highest BCUT2D eigenvalue weighted by atomic mass is 16.2. The zero-order valence-electron chi connectivity index (χ0n) is 14.4. The van der Waals surface area contributed by atoms with E-state index in [1.807, 2.05) is 43.3 Å². The summed E-state index contributed by atoms with van der Waals surface area (Å²) in [7, 11) is 0. The van der Waals surface area contributed by atoms with Gasteiger partial charge in [0.25, 0.3) is 0 Å². The molecule has 2 amide bonds. The number of rotatable bonds is 8. The highest BCUT2D eigenvalue weighted by molar-refractivity contribution is 5.96. The quantitative estimate of drug-likeness (QED) is 0.728. The fraction of sp³-hybridized carbons (Fsp3) is 0.238. The van der Waals surface area contributed by atoms with Crippen LogP contribution in [0.1, 0.15) is 30.4 Å². The Kier molecular flexibility index (Phi) is 7.44. The first kappa shape index (κ1) is 18.5. The number of carbonyl (C=O) groups is 2. The van der Waals surface area contributed by atoms with Gasteiger partial charge >= 0.3 is 0 Å². The van der Waals surface area contributed by atoms with E-state index in [4.69, 9.17) is 0 Å². The van der Waals surface area contributed by atoms with Gasteiger partial charge in [0.05, 0.1) is 0 Å². The van der Waals surface area contributed by atoms with E-state index in [-0.39, 0.29) is 17.7 Å². The molecule has 25 heavy (non-hydrogen) atoms. The van der Waals surface area contributed by atoms with Crippen molar-refractivity contribution in [2.75, 3.05) is 13.1 Å². The Labute approximate surface area is 149 Å². The molecule has 2 N–H and O–H groups in total. The van der Waals surface area contributed by atoms with E-state index < -0.39 is 0 Å². The predicted molar refractivity (Wildman–Crippen MR) is 100 cm³/mol. The van der Waals surface area contributed by atoms with Crippen molar-refractivity contribution in [3.8, 4) is 0 Å². The molecule has 0 fully saturated rings. The number of nitrogens with one attached hydrogen (secondary N) is 2. The fourth-order valence-electron chi connectivity index (χ4n) is 2.52. The standard InChI is InChI=1S/C21H24N2O2/c1-2-15-22-20(24)13-14-21(25)23-16-19(17-9-5-3-6-10-17)18-11-7-4-8-12-18/h3-14,19H,2,15-16H2,1H3,(H,22,24)(H,23,25)/b14-13+. The summed E-state index contributed by atoms with van der Waals surface area (Å²) in [5.41, 5.74) is 2.28. The smallest absolute Gasteiger partial charge is 0.244 e. The Bertz CT molecular complexity index is 657. The number of hydrogen-bond donors (Lipinski definition) is 2. The Morgan fingerprint density at radius 1 is 0.840 bits per heavy atom. The second-order valence-corrected chi connectivity index (χ2v) is 5.74. The van der Waals surface area contributed by atoms with E-state index in [1.54, 1.807) is 0 Å². The maximum Gasteiger partial charge on any atom is 0.244 e. The van der Waals surface area contributed by atoms with Gasteiger partial charge in [-0.25, -0.2) is 0 Å². The van der Waals surface area contributed by atoms with Crippen LogP contribution in [0.2, 0.25) is 0 Å². The topological polar surface area (TPSA) is 58.2 Å². The van der Waals surface area contributed by atoms with Crippen molar-refractivity contribution in [2.24, 2.45) is 0 Å². The van der Waals surface area contributed by atoms with Gasteiger partial charge < -0.3 is 10.6 Å². The first-order valence-corrected chi connectivity index (χ1v) is 8.54. The highest BCUT2D eigenvalue weighted by Gasteiger charge is 2.14. The number of carbonyl (C=O) groups excluding carboxylic acids is 2. The first-order chi connectivity index (χ1) is 12.2. The van der Waals surface area contributed by atoms with E-state index in [2.05, 4.69) is 34.9 Å². The lowest BCUT2D eigenvalue weighted by Crippen LogP contribution is -2.28. The molecule has 0 aromatic heterocycles. The van der Waals surface area contributed by atoms with E-state index in [9.17, 15) is 9.59 Å². The van der Waals surface area contributed by atoms with Gasteiger partial charge in [0.15, 0.2) is 0 Å². The van der Waals surface area contributed by atoms with Crippen molar-refractivity contribution >= 4 is 11.8 Å². The Morgan fingerprint density at radius 2 is 1.32 bits per heavy atom. The second kappa shape index (κ2) is 10.1. The van der Waals surface area contributed by atoms with Gasteiger partial charge in [-0.3, -0.25) is 9.59 Å². The molecule has 4 heteroatoms. The molecule has 0 radical (unpaired) electrons. The summed E-state index contributed by atoms with van der Waals surface area (Å²) in [5, 5.41) is 5.58. The largest absolute Gasteiger partial charge is 0.353 e. The summed E-state index contributed by atoms with van der Waals surface area (Å²) in [6.45, 7) is 3.05. The summed E-state index contributed by atoms with van der Waals surface area (Å²) >= 11 is 0. The molecule has 0 aliphatic heterocycles. The minimum absolute atomic E-state index is 0.0636. The van der Waals surface area contributed by atoms with Gasteiger partial charge in [0.2, 0.25) is 11.8 Å². The summed E-state index contributed by atoms with van der Waals surface area (Å²) in [6.07, 6.45) is 3.41. The lowest BCUT2D eigenvalue weighted by atomic mass is 9.91. The third-order valence-electron chi connectivity index (χ3n) is 3.82. The Balaban J connectivity index is 2.00. The van der Waals surface area contributed by atoms with Crippen molar-refractivity contribution in [3.63, 3.8) is 0 Å². The van der Waals surface area contributed by atoms with E-state index in [0.29, 0.717) is 13.1 Å². The first-order valence-electron chi connectivity index (χ1n) is 8.54. The predicted octanol–water partition coefficient (Wildman–Crippen LogP) is 3.02. The van der Waals surface area contributed by atoms with Crippen molar-refractivity contribution in [2.45, 2.75) is 19.3 Å². The lowest BCUT2D eigenvalue weighted by molar-refractivity contribution is -0.118. The zero-order valence-corrected chi connectivity index (χ0v) is 14.4. The average molecular weight is 336 g/mol. The van der Waals surface area contributed by atoms with Crippen molar-refractivity contribution in [1.29, 1.82) is 0 Å². The highest BCUT2D eigenvalue weighted by Crippen LogP contribution is 2.23. The molecule has 0 bridgehead atoms. The van der Waals surface area contributed by atoms with Gasteiger partial charge in [0, 0.05) is 31.2 Å². The van der Waals surface area contributed by atoms with Crippen LogP contribution in [-0.4, -0.2) is 24.9 Å². The van der Waals surface area contributed by atoms with Crippen molar-refractivity contribution < 1.29 is 9.59 Å². The molecular weight excluding hydrogens is 312 g/mol. The Hall–Kier alpha value is -2.88. The van der Waals surface area contributed by atoms with Crippen LogP contribution < -0.4 is 10.6 Å². The van der Waals surface area contributed by atoms with Crippen LogP contribution in [0.4, 0.5) is 0 Å². The molecular formula is C21H24N2O2. The normalized spacial score (nSPS) is 10.8. The minimum atomic E-state index is -0.275. The van der Waals surface area contributed by atoms with Gasteiger partial charge in [-0.2, -0.15) is 0 Å². The van der Waals surface area contributed by atoms with Gasteiger partial charge in [-0.05, 0) is 17.5 Å². The summed E-state index contributed by atoms with van der Waals surface area (Å²) in [5.74, 6) is -0.461. The van der Waals surface area contributed by atoms with Gasteiger partial charge in [0.1, 0.15) is 0 Å². The molecule has 0 unspecified atom stereocenters. The SMILES string of the molecule is CCCNC(=O)/C=C/C(=O)NCC(c1ccccc1)c1ccccc1. The lowest BCUT2D eigenvalue weighted by Gasteiger charge is -2.18. The molecule has 0 heterocycles. The van der Waals surface area contributed by atoms with Crippen molar-refractivity contribution in [1.82, 2.24) is 10.6 Å². The Morgan fingerprint density at radius 3 is 1.80 bits per heavy atom. The van der Waals surface area contributed by atoms with Crippen LogP contribution in [0.3, 0.4) is 0 Å². The van der Waals surface area contributed by atoms with Crippen molar-refractivity contribution in [3.05, 3.63) is 83.9 Å². The third-order valence-corrected chi connectivity index (χ3v) is 3.82. The van der Waals surface area contributed by atoms with Gasteiger partial charge in [-0.1, -0.05) is 67.6 Å². The van der Waals surface area contributed by atoms with E-state index in [0.717, 1.165) is 17.5 Å². The second-order valence-electron chi connectivity index (χ2n) is 5.74. The van der Waals surface area contributed by atoms with E-state index in [1.165, 1.54) is 12.2 Å². The van der Waals surface area contributed by atoms with E-state index >= 15 is 0 Å². The van der Waals surface area contributed by atoms with Crippen LogP contribution in [0.5, 0.6) is 0 Å². The molecule has 4 nitrogen and oxygen atoms in total. The molecule has 2 aromatic rings. The summed E-state index contributed by atoms with van der Waals surface area (Å²) in [4.78, 5) is 23.5. The molecule has 0 spiro atoms. The van der Waals surface area contributed by atoms with Crippen LogP contribution >= 0.6 is 0 Å². The van der Waals surface area contributed by atoms with Crippen LogP contribution in [-0.2, 0) is 9.59 Å². The molecule has 0 saturated carbocycles. The average Bonchev–Trinajstić information content (AvgIpc) is 2.66. The van der Waals surface area contributed by atoms with Crippen LogP contribution in [0, 0.1) is 0 Å². The summed E-state index contributed by atoms with van der Waals surface area (Å²) in [6, 6.07) is 20.1. The molecule has 2 aromatic carbocycles. The monoisotopic (exact) mass is 336 g/mol. The molecule has 0 aliphatic rings. The fourth-order valence-corrected chi connectivity index (χ4v) is 2.52. The third kappa shape index (κ3) is 6.26. The number of amides is 2. The number of benzene rings is 2. The minimum Gasteiger partial charge on any atom is -0.353 e. The zero-order chi connectivity index (χ0) is 17.9. The maximum atomic E-state index is 12.0. The molecule has 2 rings (SSSR count). The number of hydrogen-bond acceptors (Lipinski definition) is 2. The van der Waals surface area contributed by atoms with Crippen LogP contribution in [0.25, 0.3) is 0 Å². The summed E-state index contributed by atoms with van der Waals surface area (Å²) < 4.78 is 0. The molecule has 0 atom stereocenters.